The third-order valence-corrected chi connectivity index (χ3v) is 4.90. The molecular weight excluding hydrogens is 391 g/mol. The minimum Gasteiger partial charge on any atom is -0.322 e. The summed E-state index contributed by atoms with van der Waals surface area (Å²) in [5.74, 6) is -0.533. The van der Waals surface area contributed by atoms with Gasteiger partial charge in [-0.05, 0) is 79.2 Å². The summed E-state index contributed by atoms with van der Waals surface area (Å²) >= 11 is 6.02. The van der Waals surface area contributed by atoms with Crippen LogP contribution in [0.5, 0.6) is 0 Å². The third-order valence-electron chi connectivity index (χ3n) is 4.48. The van der Waals surface area contributed by atoms with Crippen molar-refractivity contribution in [1.29, 1.82) is 0 Å². The molecule has 0 aliphatic carbocycles. The maximum atomic E-state index is 13.2. The van der Waals surface area contributed by atoms with Crippen molar-refractivity contribution in [3.05, 3.63) is 94.9 Å². The largest absolute Gasteiger partial charge is 0.322 e. The van der Waals surface area contributed by atoms with Gasteiger partial charge in [-0.3, -0.25) is 4.79 Å². The molecule has 3 aromatic carbocycles. The van der Waals surface area contributed by atoms with Gasteiger partial charge >= 0.3 is 0 Å². The van der Waals surface area contributed by atoms with E-state index in [1.54, 1.807) is 59.4 Å². The average molecular weight is 407 g/mol. The highest BCUT2D eigenvalue weighted by Crippen LogP contribution is 2.23. The van der Waals surface area contributed by atoms with E-state index in [2.05, 4.69) is 15.6 Å². The molecular formula is C22H16ClFN4O. The molecule has 0 unspecified atom stereocenters. The van der Waals surface area contributed by atoms with Crippen LogP contribution in [0.1, 0.15) is 15.9 Å². The summed E-state index contributed by atoms with van der Waals surface area (Å²) in [6, 6.07) is 18.4. The summed E-state index contributed by atoms with van der Waals surface area (Å²) in [6.45, 7) is 1.88. The number of amides is 1. The number of aryl methyl sites for hydroxylation is 1. The fraction of sp³-hybridized carbons (Fsp3) is 0.0455. The minimum atomic E-state index is -0.306. The summed E-state index contributed by atoms with van der Waals surface area (Å²) in [7, 11) is 0. The van der Waals surface area contributed by atoms with Crippen LogP contribution < -0.4 is 5.32 Å². The summed E-state index contributed by atoms with van der Waals surface area (Å²) in [5, 5.41) is 11.6. The first-order valence-electron chi connectivity index (χ1n) is 8.86. The van der Waals surface area contributed by atoms with E-state index in [0.29, 0.717) is 16.3 Å². The highest BCUT2D eigenvalue weighted by atomic mass is 35.5. The number of hydrogen-bond acceptors (Lipinski definition) is 3. The Bertz CT molecular complexity index is 1170. The summed E-state index contributed by atoms with van der Waals surface area (Å²) < 4.78 is 14.8. The Hall–Kier alpha value is -3.51. The Morgan fingerprint density at radius 2 is 1.76 bits per heavy atom. The van der Waals surface area contributed by atoms with Crippen molar-refractivity contribution < 1.29 is 9.18 Å². The molecule has 5 nitrogen and oxygen atoms in total. The van der Waals surface area contributed by atoms with Gasteiger partial charge in [-0.15, -0.1) is 5.10 Å². The zero-order valence-corrected chi connectivity index (χ0v) is 16.2. The van der Waals surface area contributed by atoms with Crippen LogP contribution in [0.3, 0.4) is 0 Å². The van der Waals surface area contributed by atoms with Crippen molar-refractivity contribution in [1.82, 2.24) is 15.0 Å². The number of rotatable bonds is 4. The maximum absolute atomic E-state index is 13.2. The lowest BCUT2D eigenvalue weighted by molar-refractivity contribution is 0.102. The van der Waals surface area contributed by atoms with Crippen LogP contribution in [0.4, 0.5) is 10.1 Å². The summed E-state index contributed by atoms with van der Waals surface area (Å²) in [4.78, 5) is 12.5. The summed E-state index contributed by atoms with van der Waals surface area (Å²) in [5.41, 5.74) is 4.32. The number of hydrogen-bond donors (Lipinski definition) is 1. The molecule has 29 heavy (non-hydrogen) atoms. The first-order chi connectivity index (χ1) is 14.0. The molecule has 1 aromatic heterocycles. The van der Waals surface area contributed by atoms with Gasteiger partial charge < -0.3 is 5.32 Å². The van der Waals surface area contributed by atoms with Gasteiger partial charge in [0.05, 0.1) is 17.6 Å². The van der Waals surface area contributed by atoms with Crippen LogP contribution in [0.2, 0.25) is 5.02 Å². The molecule has 0 saturated heterocycles. The van der Waals surface area contributed by atoms with E-state index >= 15 is 0 Å². The molecule has 1 N–H and O–H groups in total. The lowest BCUT2D eigenvalue weighted by Gasteiger charge is -2.09. The quantitative estimate of drug-likeness (QED) is 0.501. The van der Waals surface area contributed by atoms with E-state index in [1.807, 2.05) is 13.0 Å². The van der Waals surface area contributed by atoms with Gasteiger partial charge in [0.15, 0.2) is 0 Å². The Balaban J connectivity index is 1.55. The lowest BCUT2D eigenvalue weighted by Crippen LogP contribution is -2.12. The molecule has 1 heterocycles. The van der Waals surface area contributed by atoms with E-state index < -0.39 is 0 Å². The van der Waals surface area contributed by atoms with Crippen molar-refractivity contribution in [3.8, 4) is 16.9 Å². The number of carbonyl (C=O) groups is 1. The van der Waals surface area contributed by atoms with Gasteiger partial charge in [0.2, 0.25) is 0 Å². The molecule has 0 saturated carbocycles. The van der Waals surface area contributed by atoms with Crippen molar-refractivity contribution in [2.45, 2.75) is 6.92 Å². The van der Waals surface area contributed by atoms with E-state index in [4.69, 9.17) is 11.6 Å². The molecule has 144 valence electrons. The molecule has 0 radical (unpaired) electrons. The van der Waals surface area contributed by atoms with E-state index in [-0.39, 0.29) is 11.7 Å². The van der Waals surface area contributed by atoms with Crippen LogP contribution >= 0.6 is 11.6 Å². The first-order valence-corrected chi connectivity index (χ1v) is 9.23. The van der Waals surface area contributed by atoms with Gasteiger partial charge in [-0.1, -0.05) is 16.8 Å². The van der Waals surface area contributed by atoms with Crippen molar-refractivity contribution in [3.63, 3.8) is 0 Å². The zero-order chi connectivity index (χ0) is 20.4. The van der Waals surface area contributed by atoms with Crippen LogP contribution in [0, 0.1) is 12.7 Å². The number of nitrogens with zero attached hydrogens (tertiary/aromatic N) is 3. The van der Waals surface area contributed by atoms with Crippen molar-refractivity contribution in [2.24, 2.45) is 0 Å². The second-order valence-electron chi connectivity index (χ2n) is 6.50. The molecule has 7 heteroatoms. The first kappa shape index (κ1) is 18.8. The Morgan fingerprint density at radius 1 is 1.03 bits per heavy atom. The Morgan fingerprint density at radius 3 is 2.45 bits per heavy atom. The maximum Gasteiger partial charge on any atom is 0.255 e. The molecule has 0 aliphatic heterocycles. The second-order valence-corrected chi connectivity index (χ2v) is 6.91. The summed E-state index contributed by atoms with van der Waals surface area (Å²) in [6.07, 6.45) is 1.61. The van der Waals surface area contributed by atoms with E-state index in [1.165, 1.54) is 12.1 Å². The van der Waals surface area contributed by atoms with Crippen LogP contribution in [0.25, 0.3) is 16.9 Å². The molecule has 0 fully saturated rings. The number of benzene rings is 3. The number of halogens is 2. The highest BCUT2D eigenvalue weighted by molar-refractivity contribution is 6.31. The highest BCUT2D eigenvalue weighted by Gasteiger charge is 2.11. The lowest BCUT2D eigenvalue weighted by atomic mass is 10.1. The van der Waals surface area contributed by atoms with E-state index in [9.17, 15) is 9.18 Å². The normalized spacial score (nSPS) is 10.7. The van der Waals surface area contributed by atoms with Gasteiger partial charge in [0, 0.05) is 21.8 Å². The second kappa shape index (κ2) is 7.85. The predicted octanol–water partition coefficient (Wildman–Crippen LogP) is 5.29. The van der Waals surface area contributed by atoms with Crippen LogP contribution in [-0.4, -0.2) is 20.9 Å². The monoisotopic (exact) mass is 406 g/mol. The van der Waals surface area contributed by atoms with Crippen LogP contribution in [0.15, 0.2) is 72.9 Å². The average Bonchev–Trinajstić information content (AvgIpc) is 3.21. The molecule has 1 amide bonds. The van der Waals surface area contributed by atoms with Gasteiger partial charge in [-0.25, -0.2) is 9.07 Å². The molecule has 0 bridgehead atoms. The van der Waals surface area contributed by atoms with Gasteiger partial charge in [0.25, 0.3) is 5.91 Å². The number of aromatic nitrogens is 3. The predicted molar refractivity (Wildman–Crippen MR) is 111 cm³/mol. The fourth-order valence-electron chi connectivity index (χ4n) is 2.92. The number of anilines is 1. The zero-order valence-electron chi connectivity index (χ0n) is 15.4. The van der Waals surface area contributed by atoms with Gasteiger partial charge in [-0.2, -0.15) is 0 Å². The number of carbonyl (C=O) groups excluding carboxylic acids is 1. The third kappa shape index (κ3) is 4.02. The SMILES string of the molecule is Cc1cc(NC(=O)c2ccc(-n3nncc3-c3ccc(F)cc3)cc2)ccc1Cl. The minimum absolute atomic E-state index is 0.226. The molecule has 0 atom stereocenters. The topological polar surface area (TPSA) is 59.8 Å². The smallest absolute Gasteiger partial charge is 0.255 e. The Labute approximate surface area is 171 Å². The molecule has 4 rings (SSSR count). The molecule has 4 aromatic rings. The standard InChI is InChI=1S/C22H16ClFN4O/c1-14-12-18(8-11-20(14)23)26-22(29)16-4-9-19(10-5-16)28-21(13-25-27-28)15-2-6-17(24)7-3-15/h2-13H,1H3,(H,26,29). The van der Waals surface area contributed by atoms with Crippen LogP contribution in [-0.2, 0) is 0 Å². The molecule has 0 spiro atoms. The van der Waals surface area contributed by atoms with Crippen molar-refractivity contribution in [2.75, 3.05) is 5.32 Å². The fourth-order valence-corrected chi connectivity index (χ4v) is 3.04. The molecule has 0 aliphatic rings. The van der Waals surface area contributed by atoms with E-state index in [0.717, 1.165) is 22.5 Å². The van der Waals surface area contributed by atoms with Gasteiger partial charge in [0.1, 0.15) is 5.82 Å². The number of nitrogens with one attached hydrogen (secondary N) is 1. The van der Waals surface area contributed by atoms with Crippen molar-refractivity contribution >= 4 is 23.2 Å². The Kier molecular flexibility index (Phi) is 5.10.